The molecule has 0 bridgehead atoms. The third-order valence-electron chi connectivity index (χ3n) is 5.08. The Bertz CT molecular complexity index is 1050. The Kier molecular flexibility index (Phi) is 7.02. The number of ether oxygens (including phenoxy) is 2. The SMILES string of the molecule is O=C(COc1cccc(NC(=O)C2CC2)c1)NCc1ccc(OCc2ccccc2)cc1. The van der Waals surface area contributed by atoms with Crippen molar-refractivity contribution in [1.29, 1.82) is 0 Å². The molecule has 3 aromatic carbocycles. The van der Waals surface area contributed by atoms with Gasteiger partial charge in [-0.05, 0) is 48.2 Å². The summed E-state index contributed by atoms with van der Waals surface area (Å²) in [6.45, 7) is 0.816. The molecule has 2 amide bonds. The standard InChI is InChI=1S/C26H26N2O4/c29-25(18-32-24-8-4-7-22(15-24)28-26(30)21-11-12-21)27-16-19-9-13-23(14-10-19)31-17-20-5-2-1-3-6-20/h1-10,13-15,21H,11-12,16-18H2,(H,27,29)(H,28,30). The van der Waals surface area contributed by atoms with Gasteiger partial charge in [0.15, 0.2) is 6.61 Å². The molecule has 6 heteroatoms. The molecule has 3 aromatic rings. The summed E-state index contributed by atoms with van der Waals surface area (Å²) in [5, 5.41) is 5.71. The van der Waals surface area contributed by atoms with Crippen LogP contribution in [0.2, 0.25) is 0 Å². The number of amides is 2. The van der Waals surface area contributed by atoms with E-state index in [-0.39, 0.29) is 24.3 Å². The molecule has 0 atom stereocenters. The third kappa shape index (κ3) is 6.60. The van der Waals surface area contributed by atoms with Crippen LogP contribution < -0.4 is 20.1 Å². The minimum atomic E-state index is -0.221. The fraction of sp³-hybridized carbons (Fsp3) is 0.231. The van der Waals surface area contributed by atoms with Crippen LogP contribution in [0.25, 0.3) is 0 Å². The van der Waals surface area contributed by atoms with E-state index in [4.69, 9.17) is 9.47 Å². The van der Waals surface area contributed by atoms with E-state index in [0.29, 0.717) is 24.6 Å². The number of benzene rings is 3. The van der Waals surface area contributed by atoms with Gasteiger partial charge in [0.1, 0.15) is 18.1 Å². The summed E-state index contributed by atoms with van der Waals surface area (Å²) < 4.78 is 11.3. The Hall–Kier alpha value is -3.80. The summed E-state index contributed by atoms with van der Waals surface area (Å²) in [5.74, 6) is 1.27. The first-order valence-corrected chi connectivity index (χ1v) is 10.7. The van der Waals surface area contributed by atoms with Crippen molar-refractivity contribution in [2.24, 2.45) is 5.92 Å². The quantitative estimate of drug-likeness (QED) is 0.503. The van der Waals surface area contributed by atoms with Gasteiger partial charge in [-0.25, -0.2) is 0 Å². The Morgan fingerprint density at radius 1 is 0.812 bits per heavy atom. The smallest absolute Gasteiger partial charge is 0.258 e. The van der Waals surface area contributed by atoms with Gasteiger partial charge in [-0.15, -0.1) is 0 Å². The van der Waals surface area contributed by atoms with Crippen LogP contribution in [0.5, 0.6) is 11.5 Å². The molecule has 164 valence electrons. The van der Waals surface area contributed by atoms with Crippen molar-refractivity contribution in [2.75, 3.05) is 11.9 Å². The largest absolute Gasteiger partial charge is 0.489 e. The average molecular weight is 431 g/mol. The van der Waals surface area contributed by atoms with Crippen molar-refractivity contribution in [3.63, 3.8) is 0 Å². The van der Waals surface area contributed by atoms with Crippen LogP contribution in [0.4, 0.5) is 5.69 Å². The zero-order valence-electron chi connectivity index (χ0n) is 17.8. The molecule has 1 saturated carbocycles. The Labute approximate surface area is 187 Å². The molecular formula is C26H26N2O4. The summed E-state index contributed by atoms with van der Waals surface area (Å²) in [4.78, 5) is 24.0. The highest BCUT2D eigenvalue weighted by molar-refractivity contribution is 5.94. The lowest BCUT2D eigenvalue weighted by atomic mass is 10.2. The second kappa shape index (κ2) is 10.5. The summed E-state index contributed by atoms with van der Waals surface area (Å²) >= 11 is 0. The normalized spacial score (nSPS) is 12.6. The van der Waals surface area contributed by atoms with Gasteiger partial charge in [0.05, 0.1) is 0 Å². The number of anilines is 1. The summed E-state index contributed by atoms with van der Waals surface area (Å²) in [5.41, 5.74) is 2.75. The first-order chi connectivity index (χ1) is 15.7. The number of hydrogen-bond donors (Lipinski definition) is 2. The fourth-order valence-electron chi connectivity index (χ4n) is 3.10. The van der Waals surface area contributed by atoms with Crippen LogP contribution in [0.3, 0.4) is 0 Å². The average Bonchev–Trinajstić information content (AvgIpc) is 3.67. The van der Waals surface area contributed by atoms with Gasteiger partial charge >= 0.3 is 0 Å². The lowest BCUT2D eigenvalue weighted by molar-refractivity contribution is -0.123. The Morgan fingerprint density at radius 2 is 1.59 bits per heavy atom. The molecule has 0 saturated heterocycles. The molecule has 0 heterocycles. The lowest BCUT2D eigenvalue weighted by Gasteiger charge is -2.10. The molecule has 1 aliphatic rings. The Balaban J connectivity index is 1.18. The lowest BCUT2D eigenvalue weighted by Crippen LogP contribution is -2.28. The molecule has 2 N–H and O–H groups in total. The van der Waals surface area contributed by atoms with Crippen molar-refractivity contribution in [2.45, 2.75) is 26.0 Å². The van der Waals surface area contributed by atoms with E-state index in [1.807, 2.05) is 54.6 Å². The van der Waals surface area contributed by atoms with E-state index in [9.17, 15) is 9.59 Å². The molecule has 0 spiro atoms. The van der Waals surface area contributed by atoms with Crippen molar-refractivity contribution < 1.29 is 19.1 Å². The van der Waals surface area contributed by atoms with Crippen molar-refractivity contribution in [3.05, 3.63) is 90.0 Å². The molecular weight excluding hydrogens is 404 g/mol. The topological polar surface area (TPSA) is 76.7 Å². The van der Waals surface area contributed by atoms with Gasteiger partial charge < -0.3 is 20.1 Å². The summed E-state index contributed by atoms with van der Waals surface area (Å²) in [6, 6.07) is 24.7. The molecule has 0 aliphatic heterocycles. The van der Waals surface area contributed by atoms with Gasteiger partial charge in [-0.2, -0.15) is 0 Å². The predicted octanol–water partition coefficient (Wildman–Crippen LogP) is 4.31. The molecule has 0 unspecified atom stereocenters. The van der Waals surface area contributed by atoms with E-state index < -0.39 is 0 Å². The number of hydrogen-bond acceptors (Lipinski definition) is 4. The maximum Gasteiger partial charge on any atom is 0.258 e. The fourth-order valence-corrected chi connectivity index (χ4v) is 3.10. The minimum Gasteiger partial charge on any atom is -0.489 e. The van der Waals surface area contributed by atoms with E-state index in [2.05, 4.69) is 10.6 Å². The molecule has 1 aliphatic carbocycles. The van der Waals surface area contributed by atoms with Gasteiger partial charge in [0, 0.05) is 24.2 Å². The summed E-state index contributed by atoms with van der Waals surface area (Å²) in [6.07, 6.45) is 1.90. The van der Waals surface area contributed by atoms with E-state index in [1.54, 1.807) is 24.3 Å². The van der Waals surface area contributed by atoms with E-state index >= 15 is 0 Å². The van der Waals surface area contributed by atoms with Crippen LogP contribution in [-0.2, 0) is 22.7 Å². The highest BCUT2D eigenvalue weighted by Crippen LogP contribution is 2.30. The first-order valence-electron chi connectivity index (χ1n) is 10.7. The monoisotopic (exact) mass is 430 g/mol. The van der Waals surface area contributed by atoms with Crippen LogP contribution >= 0.6 is 0 Å². The summed E-state index contributed by atoms with van der Waals surface area (Å²) in [7, 11) is 0. The van der Waals surface area contributed by atoms with Gasteiger partial charge in [0.25, 0.3) is 5.91 Å². The zero-order chi connectivity index (χ0) is 22.2. The minimum absolute atomic E-state index is 0.0383. The van der Waals surface area contributed by atoms with Crippen molar-refractivity contribution in [1.82, 2.24) is 5.32 Å². The third-order valence-corrected chi connectivity index (χ3v) is 5.08. The molecule has 0 radical (unpaired) electrons. The first kappa shape index (κ1) is 21.4. The zero-order valence-corrected chi connectivity index (χ0v) is 17.8. The van der Waals surface area contributed by atoms with Crippen LogP contribution in [-0.4, -0.2) is 18.4 Å². The predicted molar refractivity (Wildman–Crippen MR) is 122 cm³/mol. The van der Waals surface area contributed by atoms with E-state index in [1.165, 1.54) is 0 Å². The van der Waals surface area contributed by atoms with Crippen LogP contribution in [0.1, 0.15) is 24.0 Å². The molecule has 0 aromatic heterocycles. The van der Waals surface area contributed by atoms with Gasteiger partial charge in [-0.3, -0.25) is 9.59 Å². The van der Waals surface area contributed by atoms with Crippen LogP contribution in [0.15, 0.2) is 78.9 Å². The second-order valence-corrected chi connectivity index (χ2v) is 7.77. The van der Waals surface area contributed by atoms with Crippen molar-refractivity contribution >= 4 is 17.5 Å². The number of nitrogens with one attached hydrogen (secondary N) is 2. The highest BCUT2D eigenvalue weighted by atomic mass is 16.5. The van der Waals surface area contributed by atoms with Gasteiger partial charge in [0.2, 0.25) is 5.91 Å². The second-order valence-electron chi connectivity index (χ2n) is 7.77. The number of rotatable bonds is 10. The number of carbonyl (C=O) groups excluding carboxylic acids is 2. The van der Waals surface area contributed by atoms with Gasteiger partial charge in [-0.1, -0.05) is 48.5 Å². The van der Waals surface area contributed by atoms with Crippen molar-refractivity contribution in [3.8, 4) is 11.5 Å². The molecule has 32 heavy (non-hydrogen) atoms. The molecule has 1 fully saturated rings. The maximum absolute atomic E-state index is 12.1. The Morgan fingerprint density at radius 3 is 2.34 bits per heavy atom. The van der Waals surface area contributed by atoms with E-state index in [0.717, 1.165) is 29.7 Å². The number of carbonyl (C=O) groups is 2. The highest BCUT2D eigenvalue weighted by Gasteiger charge is 2.29. The molecule has 6 nitrogen and oxygen atoms in total. The maximum atomic E-state index is 12.1. The van der Waals surface area contributed by atoms with Crippen LogP contribution in [0, 0.1) is 5.92 Å². The molecule has 4 rings (SSSR count).